The van der Waals surface area contributed by atoms with Gasteiger partial charge in [-0.1, -0.05) is 13.8 Å². The van der Waals surface area contributed by atoms with Crippen molar-refractivity contribution in [3.05, 3.63) is 23.3 Å². The highest BCUT2D eigenvalue weighted by Gasteiger charge is 2.19. The van der Waals surface area contributed by atoms with Gasteiger partial charge < -0.3 is 10.1 Å². The van der Waals surface area contributed by atoms with E-state index in [-0.39, 0.29) is 0 Å². The number of aryl methyl sites for hydroxylation is 1. The lowest BCUT2D eigenvalue weighted by molar-refractivity contribution is 0.0779. The Hall–Kier alpha value is -1.00. The van der Waals surface area contributed by atoms with E-state index in [1.54, 1.807) is 0 Å². The highest BCUT2D eigenvalue weighted by atomic mass is 16.5. The molecule has 1 atom stereocenters. The van der Waals surface area contributed by atoms with Crippen LogP contribution in [0.25, 0.3) is 0 Å². The fourth-order valence-corrected chi connectivity index (χ4v) is 2.36. The number of ether oxygens (including phenoxy) is 1. The van der Waals surface area contributed by atoms with E-state index in [0.717, 1.165) is 56.4 Å². The fourth-order valence-electron chi connectivity index (χ4n) is 2.36. The predicted octanol–water partition coefficient (Wildman–Crippen LogP) is 2.42. The van der Waals surface area contributed by atoms with Crippen LogP contribution < -0.4 is 5.32 Å². The number of nitrogens with one attached hydrogen (secondary N) is 1. The van der Waals surface area contributed by atoms with E-state index in [1.165, 1.54) is 0 Å². The number of aromatic nitrogens is 2. The van der Waals surface area contributed by atoms with Gasteiger partial charge in [0.2, 0.25) is 0 Å². The Morgan fingerprint density at radius 3 is 2.95 bits per heavy atom. The van der Waals surface area contributed by atoms with E-state index in [0.29, 0.717) is 11.8 Å². The standard InChI is InChI=1S/C15H25N3O/c1-11(2)8-16-9-14-7-12(3)17-15(18-14)13-5-4-6-19-10-13/h7,11,13,16H,4-6,8-10H2,1-3H3. The maximum Gasteiger partial charge on any atom is 0.134 e. The van der Waals surface area contributed by atoms with Crippen molar-refractivity contribution in [3.8, 4) is 0 Å². The molecule has 19 heavy (non-hydrogen) atoms. The predicted molar refractivity (Wildman–Crippen MR) is 76.1 cm³/mol. The second-order valence-electron chi connectivity index (χ2n) is 5.80. The zero-order chi connectivity index (χ0) is 13.7. The number of rotatable bonds is 5. The second-order valence-corrected chi connectivity index (χ2v) is 5.80. The molecule has 0 bridgehead atoms. The quantitative estimate of drug-likeness (QED) is 0.886. The van der Waals surface area contributed by atoms with Crippen LogP contribution in [0.5, 0.6) is 0 Å². The van der Waals surface area contributed by atoms with Crippen molar-refractivity contribution in [1.29, 1.82) is 0 Å². The van der Waals surface area contributed by atoms with Crippen LogP contribution in [-0.2, 0) is 11.3 Å². The molecule has 0 aromatic carbocycles. The van der Waals surface area contributed by atoms with Crippen molar-refractivity contribution >= 4 is 0 Å². The molecule has 1 aromatic heterocycles. The van der Waals surface area contributed by atoms with Gasteiger partial charge in [0.05, 0.1) is 12.3 Å². The Morgan fingerprint density at radius 2 is 2.26 bits per heavy atom. The topological polar surface area (TPSA) is 47.0 Å². The van der Waals surface area contributed by atoms with E-state index < -0.39 is 0 Å². The van der Waals surface area contributed by atoms with Gasteiger partial charge in [0, 0.05) is 24.8 Å². The minimum atomic E-state index is 0.373. The Morgan fingerprint density at radius 1 is 1.42 bits per heavy atom. The molecule has 0 saturated carbocycles. The van der Waals surface area contributed by atoms with Crippen molar-refractivity contribution in [3.63, 3.8) is 0 Å². The summed E-state index contributed by atoms with van der Waals surface area (Å²) in [6, 6.07) is 2.07. The second kappa shape index (κ2) is 6.96. The lowest BCUT2D eigenvalue weighted by atomic mass is 10.0. The van der Waals surface area contributed by atoms with Crippen LogP contribution in [0.15, 0.2) is 6.07 Å². The van der Waals surface area contributed by atoms with Crippen molar-refractivity contribution in [2.75, 3.05) is 19.8 Å². The van der Waals surface area contributed by atoms with Crippen LogP contribution in [0.2, 0.25) is 0 Å². The van der Waals surface area contributed by atoms with E-state index in [1.807, 2.05) is 6.92 Å². The molecule has 0 amide bonds. The number of hydrogen-bond acceptors (Lipinski definition) is 4. The van der Waals surface area contributed by atoms with Gasteiger partial charge in [-0.15, -0.1) is 0 Å². The average Bonchev–Trinajstić information content (AvgIpc) is 2.39. The summed E-state index contributed by atoms with van der Waals surface area (Å²) >= 11 is 0. The zero-order valence-corrected chi connectivity index (χ0v) is 12.3. The van der Waals surface area contributed by atoms with Crippen LogP contribution in [0, 0.1) is 12.8 Å². The summed E-state index contributed by atoms with van der Waals surface area (Å²) in [5.41, 5.74) is 2.14. The molecule has 1 aliphatic rings. The molecular weight excluding hydrogens is 238 g/mol. The summed E-state index contributed by atoms with van der Waals surface area (Å²) in [5, 5.41) is 3.44. The van der Waals surface area contributed by atoms with Gasteiger partial charge in [0.25, 0.3) is 0 Å². The van der Waals surface area contributed by atoms with Crippen molar-refractivity contribution in [1.82, 2.24) is 15.3 Å². The van der Waals surface area contributed by atoms with Gasteiger partial charge in [-0.3, -0.25) is 0 Å². The average molecular weight is 263 g/mol. The first-order chi connectivity index (χ1) is 9.15. The summed E-state index contributed by atoms with van der Waals surface area (Å²) in [6.07, 6.45) is 2.26. The summed E-state index contributed by atoms with van der Waals surface area (Å²) in [4.78, 5) is 9.28. The molecular formula is C15H25N3O. The normalized spacial score (nSPS) is 19.9. The Labute approximate surface area is 116 Å². The zero-order valence-electron chi connectivity index (χ0n) is 12.3. The molecule has 0 radical (unpaired) electrons. The maximum atomic E-state index is 5.53. The summed E-state index contributed by atoms with van der Waals surface area (Å²) in [7, 11) is 0. The fraction of sp³-hybridized carbons (Fsp3) is 0.733. The largest absolute Gasteiger partial charge is 0.381 e. The third-order valence-electron chi connectivity index (χ3n) is 3.31. The van der Waals surface area contributed by atoms with Crippen LogP contribution in [-0.4, -0.2) is 29.7 Å². The van der Waals surface area contributed by atoms with Crippen molar-refractivity contribution in [2.24, 2.45) is 5.92 Å². The van der Waals surface area contributed by atoms with Gasteiger partial charge in [-0.05, 0) is 38.3 Å². The lowest BCUT2D eigenvalue weighted by Crippen LogP contribution is -2.22. The highest BCUT2D eigenvalue weighted by Crippen LogP contribution is 2.22. The highest BCUT2D eigenvalue weighted by molar-refractivity contribution is 5.12. The van der Waals surface area contributed by atoms with E-state index >= 15 is 0 Å². The Balaban J connectivity index is 2.01. The van der Waals surface area contributed by atoms with Gasteiger partial charge in [0.15, 0.2) is 0 Å². The third kappa shape index (κ3) is 4.55. The molecule has 2 rings (SSSR count). The van der Waals surface area contributed by atoms with Crippen LogP contribution >= 0.6 is 0 Å². The van der Waals surface area contributed by atoms with E-state index in [4.69, 9.17) is 9.72 Å². The smallest absolute Gasteiger partial charge is 0.134 e. The minimum Gasteiger partial charge on any atom is -0.381 e. The van der Waals surface area contributed by atoms with Gasteiger partial charge in [-0.25, -0.2) is 9.97 Å². The van der Waals surface area contributed by atoms with Gasteiger partial charge >= 0.3 is 0 Å². The molecule has 1 fully saturated rings. The molecule has 1 unspecified atom stereocenters. The maximum absolute atomic E-state index is 5.53. The summed E-state index contributed by atoms with van der Waals surface area (Å²) in [5.74, 6) is 1.99. The lowest BCUT2D eigenvalue weighted by Gasteiger charge is -2.21. The molecule has 4 nitrogen and oxygen atoms in total. The first-order valence-corrected chi connectivity index (χ1v) is 7.28. The first-order valence-electron chi connectivity index (χ1n) is 7.28. The van der Waals surface area contributed by atoms with Crippen LogP contribution in [0.3, 0.4) is 0 Å². The van der Waals surface area contributed by atoms with Crippen LogP contribution in [0.4, 0.5) is 0 Å². The molecule has 106 valence electrons. The SMILES string of the molecule is Cc1cc(CNCC(C)C)nc(C2CCCOC2)n1. The number of hydrogen-bond donors (Lipinski definition) is 1. The molecule has 1 saturated heterocycles. The van der Waals surface area contributed by atoms with Gasteiger partial charge in [-0.2, -0.15) is 0 Å². The van der Waals surface area contributed by atoms with Crippen molar-refractivity contribution < 1.29 is 4.74 Å². The molecule has 4 heteroatoms. The van der Waals surface area contributed by atoms with E-state index in [9.17, 15) is 0 Å². The molecule has 1 aliphatic heterocycles. The summed E-state index contributed by atoms with van der Waals surface area (Å²) in [6.45, 7) is 9.95. The van der Waals surface area contributed by atoms with E-state index in [2.05, 4.69) is 30.2 Å². The molecule has 1 aromatic rings. The monoisotopic (exact) mass is 263 g/mol. The minimum absolute atomic E-state index is 0.373. The van der Waals surface area contributed by atoms with Crippen LogP contribution in [0.1, 0.15) is 49.8 Å². The summed E-state index contributed by atoms with van der Waals surface area (Å²) < 4.78 is 5.53. The number of nitrogens with zero attached hydrogens (tertiary/aromatic N) is 2. The van der Waals surface area contributed by atoms with Gasteiger partial charge in [0.1, 0.15) is 5.82 Å². The molecule has 2 heterocycles. The molecule has 0 aliphatic carbocycles. The Bertz CT molecular complexity index is 400. The third-order valence-corrected chi connectivity index (χ3v) is 3.31. The Kier molecular flexibility index (Phi) is 5.28. The first kappa shape index (κ1) is 14.4. The molecule has 1 N–H and O–H groups in total. The molecule has 0 spiro atoms. The van der Waals surface area contributed by atoms with Crippen molar-refractivity contribution in [2.45, 2.75) is 46.1 Å².